The molecule has 0 spiro atoms. The molecule has 2 aromatic carbocycles. The molecule has 1 amide bonds. The van der Waals surface area contributed by atoms with E-state index in [4.69, 9.17) is 11.6 Å². The number of aromatic amines is 1. The van der Waals surface area contributed by atoms with Gasteiger partial charge < -0.3 is 4.90 Å². The van der Waals surface area contributed by atoms with Crippen molar-refractivity contribution in [1.29, 1.82) is 0 Å². The summed E-state index contributed by atoms with van der Waals surface area (Å²) in [5.74, 6) is -0.0229. The Bertz CT molecular complexity index is 903. The Kier molecular flexibility index (Phi) is 3.82. The minimum Gasteiger partial charge on any atom is -0.333 e. The number of nitrogens with one attached hydrogen (secondary N) is 1. The van der Waals surface area contributed by atoms with Gasteiger partial charge in [-0.3, -0.25) is 9.89 Å². The first-order valence-corrected chi connectivity index (χ1v) is 8.26. The molecule has 5 heteroatoms. The second-order valence-electron chi connectivity index (χ2n) is 5.92. The highest BCUT2D eigenvalue weighted by atomic mass is 35.5. The number of amides is 1. The van der Waals surface area contributed by atoms with E-state index in [0.717, 1.165) is 24.2 Å². The molecule has 0 bridgehead atoms. The van der Waals surface area contributed by atoms with Crippen LogP contribution in [-0.2, 0) is 13.0 Å². The molecule has 1 N–H and O–H groups in total. The fourth-order valence-corrected chi connectivity index (χ4v) is 3.26. The number of carbonyl (C=O) groups excluding carboxylic acids is 1. The van der Waals surface area contributed by atoms with Gasteiger partial charge in [-0.25, -0.2) is 0 Å². The van der Waals surface area contributed by atoms with Crippen molar-refractivity contribution in [3.8, 4) is 11.3 Å². The number of halogens is 1. The van der Waals surface area contributed by atoms with E-state index < -0.39 is 0 Å². The summed E-state index contributed by atoms with van der Waals surface area (Å²) in [6, 6.07) is 17.5. The molecule has 1 aliphatic heterocycles. The summed E-state index contributed by atoms with van der Waals surface area (Å²) >= 11 is 6.02. The molecule has 0 saturated carbocycles. The van der Waals surface area contributed by atoms with Gasteiger partial charge in [0.25, 0.3) is 5.91 Å². The number of rotatable bonds is 2. The van der Waals surface area contributed by atoms with Gasteiger partial charge in [-0.2, -0.15) is 5.10 Å². The maximum Gasteiger partial charge on any atom is 0.272 e. The van der Waals surface area contributed by atoms with Crippen molar-refractivity contribution >= 4 is 17.5 Å². The Balaban J connectivity index is 1.56. The molecule has 120 valence electrons. The first-order valence-electron chi connectivity index (χ1n) is 7.88. The average molecular weight is 338 g/mol. The van der Waals surface area contributed by atoms with E-state index in [1.165, 1.54) is 11.1 Å². The van der Waals surface area contributed by atoms with Gasteiger partial charge in [0.1, 0.15) is 5.69 Å². The molecular weight excluding hydrogens is 322 g/mol. The van der Waals surface area contributed by atoms with Gasteiger partial charge in [0.15, 0.2) is 0 Å². The predicted molar refractivity (Wildman–Crippen MR) is 93.9 cm³/mol. The van der Waals surface area contributed by atoms with Crippen molar-refractivity contribution in [3.05, 3.63) is 76.4 Å². The topological polar surface area (TPSA) is 49.0 Å². The SMILES string of the molecule is O=C(c1cc(-c2cccc(Cl)c2)n[nH]1)N1CCc2ccccc2C1. The predicted octanol–water partition coefficient (Wildman–Crippen LogP) is 3.93. The van der Waals surface area contributed by atoms with E-state index in [1.54, 1.807) is 6.07 Å². The smallest absolute Gasteiger partial charge is 0.272 e. The van der Waals surface area contributed by atoms with Crippen LogP contribution < -0.4 is 0 Å². The van der Waals surface area contributed by atoms with Crippen molar-refractivity contribution in [2.75, 3.05) is 6.54 Å². The largest absolute Gasteiger partial charge is 0.333 e. The van der Waals surface area contributed by atoms with Gasteiger partial charge >= 0.3 is 0 Å². The molecule has 4 rings (SSSR count). The Morgan fingerprint density at radius 2 is 1.92 bits per heavy atom. The fraction of sp³-hybridized carbons (Fsp3) is 0.158. The van der Waals surface area contributed by atoms with Crippen molar-refractivity contribution in [3.63, 3.8) is 0 Å². The van der Waals surface area contributed by atoms with E-state index in [0.29, 0.717) is 17.3 Å². The summed E-state index contributed by atoms with van der Waals surface area (Å²) < 4.78 is 0. The summed E-state index contributed by atoms with van der Waals surface area (Å²) in [7, 11) is 0. The number of fused-ring (bicyclic) bond motifs is 1. The molecule has 4 nitrogen and oxygen atoms in total. The van der Waals surface area contributed by atoms with Gasteiger partial charge in [0.05, 0.1) is 5.69 Å². The lowest BCUT2D eigenvalue weighted by atomic mass is 10.00. The van der Waals surface area contributed by atoms with Crippen LogP contribution in [0.4, 0.5) is 0 Å². The van der Waals surface area contributed by atoms with E-state index in [-0.39, 0.29) is 5.91 Å². The molecular formula is C19H16ClN3O. The lowest BCUT2D eigenvalue weighted by Gasteiger charge is -2.28. The van der Waals surface area contributed by atoms with Crippen molar-refractivity contribution in [2.45, 2.75) is 13.0 Å². The van der Waals surface area contributed by atoms with Crippen LogP contribution in [0.2, 0.25) is 5.02 Å². The Morgan fingerprint density at radius 3 is 2.75 bits per heavy atom. The third-order valence-corrected chi connectivity index (χ3v) is 4.58. The van der Waals surface area contributed by atoms with Gasteiger partial charge in [0.2, 0.25) is 0 Å². The van der Waals surface area contributed by atoms with Crippen LogP contribution in [0.25, 0.3) is 11.3 Å². The highest BCUT2D eigenvalue weighted by Crippen LogP contribution is 2.23. The van der Waals surface area contributed by atoms with Crippen LogP contribution in [-0.4, -0.2) is 27.5 Å². The quantitative estimate of drug-likeness (QED) is 0.770. The van der Waals surface area contributed by atoms with E-state index >= 15 is 0 Å². The third-order valence-electron chi connectivity index (χ3n) is 4.35. The molecule has 0 unspecified atom stereocenters. The van der Waals surface area contributed by atoms with E-state index in [1.807, 2.05) is 41.3 Å². The molecule has 3 aromatic rings. The summed E-state index contributed by atoms with van der Waals surface area (Å²) in [5.41, 5.74) is 4.65. The first-order chi connectivity index (χ1) is 11.7. The monoisotopic (exact) mass is 337 g/mol. The van der Waals surface area contributed by atoms with Crippen LogP contribution in [0, 0.1) is 0 Å². The number of aromatic nitrogens is 2. The summed E-state index contributed by atoms with van der Waals surface area (Å²) in [4.78, 5) is 14.6. The second kappa shape index (κ2) is 6.13. The molecule has 0 saturated heterocycles. The Morgan fingerprint density at radius 1 is 1.08 bits per heavy atom. The van der Waals surface area contributed by atoms with Crippen molar-refractivity contribution in [1.82, 2.24) is 15.1 Å². The first kappa shape index (κ1) is 15.0. The molecule has 24 heavy (non-hydrogen) atoms. The highest BCUT2D eigenvalue weighted by Gasteiger charge is 2.23. The second-order valence-corrected chi connectivity index (χ2v) is 6.36. The summed E-state index contributed by atoms with van der Waals surface area (Å²) in [5, 5.41) is 7.77. The number of benzene rings is 2. The van der Waals surface area contributed by atoms with Crippen LogP contribution in [0.5, 0.6) is 0 Å². The van der Waals surface area contributed by atoms with E-state index in [9.17, 15) is 4.79 Å². The number of H-pyrrole nitrogens is 1. The van der Waals surface area contributed by atoms with Gasteiger partial charge in [-0.1, -0.05) is 48.0 Å². The molecule has 0 fully saturated rings. The van der Waals surface area contributed by atoms with Crippen LogP contribution in [0.1, 0.15) is 21.6 Å². The number of carbonyl (C=O) groups is 1. The van der Waals surface area contributed by atoms with Gasteiger partial charge in [0, 0.05) is 23.7 Å². The van der Waals surface area contributed by atoms with Gasteiger partial charge in [-0.15, -0.1) is 0 Å². The fourth-order valence-electron chi connectivity index (χ4n) is 3.07. The normalized spacial score (nSPS) is 13.6. The third kappa shape index (κ3) is 2.81. The van der Waals surface area contributed by atoms with Crippen LogP contribution in [0.3, 0.4) is 0 Å². The average Bonchev–Trinajstić information content (AvgIpc) is 3.11. The maximum absolute atomic E-state index is 12.7. The van der Waals surface area contributed by atoms with Gasteiger partial charge in [-0.05, 0) is 35.7 Å². The zero-order valence-electron chi connectivity index (χ0n) is 13.0. The van der Waals surface area contributed by atoms with Crippen molar-refractivity contribution in [2.24, 2.45) is 0 Å². The number of hydrogen-bond acceptors (Lipinski definition) is 2. The van der Waals surface area contributed by atoms with Crippen LogP contribution in [0.15, 0.2) is 54.6 Å². The summed E-state index contributed by atoms with van der Waals surface area (Å²) in [6.45, 7) is 1.36. The molecule has 0 aliphatic carbocycles. The number of nitrogens with zero attached hydrogens (tertiary/aromatic N) is 2. The van der Waals surface area contributed by atoms with E-state index in [2.05, 4.69) is 22.3 Å². The molecule has 2 heterocycles. The zero-order valence-corrected chi connectivity index (χ0v) is 13.8. The standard InChI is InChI=1S/C19H16ClN3O/c20-16-7-3-6-14(10-16)17-11-18(22-21-17)19(24)23-9-8-13-4-1-2-5-15(13)12-23/h1-7,10-11H,8-9,12H2,(H,21,22). The lowest BCUT2D eigenvalue weighted by Crippen LogP contribution is -2.36. The highest BCUT2D eigenvalue weighted by molar-refractivity contribution is 6.30. The molecule has 0 radical (unpaired) electrons. The molecule has 1 aromatic heterocycles. The van der Waals surface area contributed by atoms with Crippen LogP contribution >= 0.6 is 11.6 Å². The number of hydrogen-bond donors (Lipinski definition) is 1. The molecule has 0 atom stereocenters. The Labute approximate surface area is 145 Å². The Hall–Kier alpha value is -2.59. The lowest BCUT2D eigenvalue weighted by molar-refractivity contribution is 0.0728. The maximum atomic E-state index is 12.7. The van der Waals surface area contributed by atoms with Crippen molar-refractivity contribution < 1.29 is 4.79 Å². The molecule has 1 aliphatic rings. The minimum absolute atomic E-state index is 0.0229. The zero-order chi connectivity index (χ0) is 16.5. The minimum atomic E-state index is -0.0229. The summed E-state index contributed by atoms with van der Waals surface area (Å²) in [6.07, 6.45) is 0.886.